The van der Waals surface area contributed by atoms with E-state index in [1.807, 2.05) is 60.7 Å². The molecular weight excluding hydrogens is 320 g/mol. The summed E-state index contributed by atoms with van der Waals surface area (Å²) in [5.74, 6) is 0.602. The summed E-state index contributed by atoms with van der Waals surface area (Å²) in [7, 11) is 0. The second-order valence-electron chi connectivity index (χ2n) is 6.86. The molecule has 0 saturated carbocycles. The van der Waals surface area contributed by atoms with E-state index >= 15 is 0 Å². The summed E-state index contributed by atoms with van der Waals surface area (Å²) in [6.07, 6.45) is 0. The van der Waals surface area contributed by atoms with Gasteiger partial charge in [-0.2, -0.15) is 0 Å². The molecule has 6 rings (SSSR count). The van der Waals surface area contributed by atoms with Gasteiger partial charge in [-0.3, -0.25) is 0 Å². The second kappa shape index (κ2) is 4.55. The fourth-order valence-corrected chi connectivity index (χ4v) is 4.48. The largest absolute Gasteiger partial charge is 0.507 e. The topological polar surface area (TPSA) is 40.5 Å². The van der Waals surface area contributed by atoms with E-state index in [4.69, 9.17) is 0 Å². The first-order valence-electron chi connectivity index (χ1n) is 8.67. The maximum atomic E-state index is 10.9. The molecule has 6 aromatic carbocycles. The van der Waals surface area contributed by atoms with Gasteiger partial charge < -0.3 is 10.2 Å². The van der Waals surface area contributed by atoms with Crippen molar-refractivity contribution in [1.82, 2.24) is 0 Å². The minimum atomic E-state index is 0.301. The Morgan fingerprint density at radius 3 is 1.12 bits per heavy atom. The quantitative estimate of drug-likeness (QED) is 0.253. The Labute approximate surface area is 148 Å². The lowest BCUT2D eigenvalue weighted by Gasteiger charge is -2.17. The van der Waals surface area contributed by atoms with Crippen LogP contribution >= 0.6 is 0 Å². The zero-order valence-electron chi connectivity index (χ0n) is 13.8. The van der Waals surface area contributed by atoms with Crippen LogP contribution in [0.1, 0.15) is 0 Å². The first-order chi connectivity index (χ1) is 12.8. The van der Waals surface area contributed by atoms with Crippen molar-refractivity contribution in [3.63, 3.8) is 0 Å². The Hall–Kier alpha value is -3.52. The van der Waals surface area contributed by atoms with E-state index in [0.717, 1.165) is 53.9 Å². The smallest absolute Gasteiger partial charge is 0.131 e. The Bertz CT molecular complexity index is 1380. The van der Waals surface area contributed by atoms with Gasteiger partial charge in [0, 0.05) is 32.3 Å². The Morgan fingerprint density at radius 2 is 0.692 bits per heavy atom. The molecule has 0 aliphatic carbocycles. The minimum absolute atomic E-state index is 0.301. The van der Waals surface area contributed by atoms with Crippen LogP contribution in [0.4, 0.5) is 0 Å². The van der Waals surface area contributed by atoms with Crippen molar-refractivity contribution >= 4 is 53.9 Å². The molecule has 0 aliphatic rings. The van der Waals surface area contributed by atoms with Gasteiger partial charge in [0.2, 0.25) is 0 Å². The molecule has 2 N–H and O–H groups in total. The fourth-order valence-electron chi connectivity index (χ4n) is 4.48. The van der Waals surface area contributed by atoms with Gasteiger partial charge in [0.1, 0.15) is 11.5 Å². The van der Waals surface area contributed by atoms with Crippen LogP contribution in [0.25, 0.3) is 53.9 Å². The highest BCUT2D eigenvalue weighted by atomic mass is 16.3. The Morgan fingerprint density at radius 1 is 0.346 bits per heavy atom. The third-order valence-electron chi connectivity index (χ3n) is 5.62. The molecule has 0 atom stereocenters. The zero-order chi connectivity index (χ0) is 17.4. The standard InChI is InChI=1S/C24H14O2/c25-23-17-7-3-1-5-13(17)15-9-11-20-22-16(10-12-19(23)21(15)22)14-6-2-4-8-18(14)24(20)26/h1-12,25-26H. The third kappa shape index (κ3) is 1.48. The summed E-state index contributed by atoms with van der Waals surface area (Å²) in [6.45, 7) is 0. The molecule has 0 unspecified atom stereocenters. The van der Waals surface area contributed by atoms with Crippen molar-refractivity contribution in [3.8, 4) is 11.5 Å². The van der Waals surface area contributed by atoms with Crippen LogP contribution < -0.4 is 0 Å². The monoisotopic (exact) mass is 334 g/mol. The van der Waals surface area contributed by atoms with Crippen LogP contribution in [0.15, 0.2) is 72.8 Å². The summed E-state index contributed by atoms with van der Waals surface area (Å²) >= 11 is 0. The third-order valence-corrected chi connectivity index (χ3v) is 5.62. The number of hydrogen-bond donors (Lipinski definition) is 2. The second-order valence-corrected chi connectivity index (χ2v) is 6.86. The molecule has 2 heteroatoms. The van der Waals surface area contributed by atoms with E-state index in [2.05, 4.69) is 12.1 Å². The molecule has 0 spiro atoms. The van der Waals surface area contributed by atoms with Gasteiger partial charge in [-0.25, -0.2) is 0 Å². The molecule has 26 heavy (non-hydrogen) atoms. The number of rotatable bonds is 0. The first-order valence-corrected chi connectivity index (χ1v) is 8.67. The number of aromatic hydroxyl groups is 2. The number of phenols is 2. The lowest BCUT2D eigenvalue weighted by Crippen LogP contribution is -1.89. The Balaban J connectivity index is 2.04. The lowest BCUT2D eigenvalue weighted by molar-refractivity contribution is 0.487. The maximum absolute atomic E-state index is 10.9. The SMILES string of the molecule is Oc1c2ccccc2c2ccc3c(O)c4ccccc4c4ccc1c2c34. The van der Waals surface area contributed by atoms with Gasteiger partial charge >= 0.3 is 0 Å². The highest BCUT2D eigenvalue weighted by Crippen LogP contribution is 2.47. The van der Waals surface area contributed by atoms with E-state index in [9.17, 15) is 10.2 Å². The summed E-state index contributed by atoms with van der Waals surface area (Å²) in [5, 5.41) is 31.4. The Kier molecular flexibility index (Phi) is 2.41. The van der Waals surface area contributed by atoms with E-state index in [1.54, 1.807) is 0 Å². The van der Waals surface area contributed by atoms with Crippen molar-refractivity contribution in [3.05, 3.63) is 72.8 Å². The molecule has 2 nitrogen and oxygen atoms in total. The maximum Gasteiger partial charge on any atom is 0.131 e. The van der Waals surface area contributed by atoms with Crippen LogP contribution in [0.3, 0.4) is 0 Å². The van der Waals surface area contributed by atoms with Crippen molar-refractivity contribution in [1.29, 1.82) is 0 Å². The van der Waals surface area contributed by atoms with E-state index in [1.165, 1.54) is 0 Å². The molecule has 0 heterocycles. The van der Waals surface area contributed by atoms with Gasteiger partial charge in [0.15, 0.2) is 0 Å². The molecule has 0 aliphatic heterocycles. The normalized spacial score (nSPS) is 12.2. The molecule has 0 fully saturated rings. The summed E-state index contributed by atoms with van der Waals surface area (Å²) in [5.41, 5.74) is 0. The number of benzene rings is 6. The van der Waals surface area contributed by atoms with Crippen molar-refractivity contribution in [2.24, 2.45) is 0 Å². The average Bonchev–Trinajstić information content (AvgIpc) is 2.70. The first kappa shape index (κ1) is 13.7. The van der Waals surface area contributed by atoms with Crippen LogP contribution in [0.2, 0.25) is 0 Å². The number of phenolic OH excluding ortho intramolecular Hbond substituents is 2. The van der Waals surface area contributed by atoms with Gasteiger partial charge in [-0.1, -0.05) is 60.7 Å². The van der Waals surface area contributed by atoms with E-state index < -0.39 is 0 Å². The van der Waals surface area contributed by atoms with Crippen LogP contribution in [0, 0.1) is 0 Å². The number of hydrogen-bond acceptors (Lipinski definition) is 2. The van der Waals surface area contributed by atoms with Crippen molar-refractivity contribution in [2.75, 3.05) is 0 Å². The zero-order valence-corrected chi connectivity index (χ0v) is 13.8. The van der Waals surface area contributed by atoms with Gasteiger partial charge in [-0.05, 0) is 33.7 Å². The fraction of sp³-hybridized carbons (Fsp3) is 0. The van der Waals surface area contributed by atoms with Crippen molar-refractivity contribution < 1.29 is 10.2 Å². The van der Waals surface area contributed by atoms with Crippen LogP contribution in [0.5, 0.6) is 11.5 Å². The molecule has 122 valence electrons. The average molecular weight is 334 g/mol. The summed E-state index contributed by atoms with van der Waals surface area (Å²) in [6, 6.07) is 24.0. The van der Waals surface area contributed by atoms with Crippen LogP contribution in [-0.4, -0.2) is 10.2 Å². The predicted octanol–water partition coefficient (Wildman–Crippen LogP) is 6.30. The predicted molar refractivity (Wildman–Crippen MR) is 108 cm³/mol. The van der Waals surface area contributed by atoms with Crippen LogP contribution in [-0.2, 0) is 0 Å². The van der Waals surface area contributed by atoms with Gasteiger partial charge in [0.25, 0.3) is 0 Å². The highest BCUT2D eigenvalue weighted by Gasteiger charge is 2.18. The molecule has 6 aromatic rings. The van der Waals surface area contributed by atoms with Gasteiger partial charge in [0.05, 0.1) is 0 Å². The molecule has 0 radical (unpaired) electrons. The summed E-state index contributed by atoms with van der Waals surface area (Å²) in [4.78, 5) is 0. The molecular formula is C24H14O2. The molecule has 0 aromatic heterocycles. The number of fused-ring (bicyclic) bond motifs is 4. The lowest BCUT2D eigenvalue weighted by atomic mass is 9.88. The molecule has 0 saturated heterocycles. The van der Waals surface area contributed by atoms with Gasteiger partial charge in [-0.15, -0.1) is 0 Å². The molecule has 0 amide bonds. The highest BCUT2D eigenvalue weighted by molar-refractivity contribution is 6.35. The van der Waals surface area contributed by atoms with Crippen molar-refractivity contribution in [2.45, 2.75) is 0 Å². The summed E-state index contributed by atoms with van der Waals surface area (Å²) < 4.78 is 0. The van der Waals surface area contributed by atoms with E-state index in [-0.39, 0.29) is 0 Å². The molecule has 0 bridgehead atoms. The minimum Gasteiger partial charge on any atom is -0.507 e. The van der Waals surface area contributed by atoms with E-state index in [0.29, 0.717) is 11.5 Å².